The molecule has 1 aromatic carbocycles. The fourth-order valence-corrected chi connectivity index (χ4v) is 1.74. The summed E-state index contributed by atoms with van der Waals surface area (Å²) in [5.74, 6) is 0.469. The Morgan fingerprint density at radius 1 is 0.941 bits per heavy atom. The zero-order chi connectivity index (χ0) is 11.8. The van der Waals surface area contributed by atoms with Gasteiger partial charge < -0.3 is 11.5 Å². The second-order valence-electron chi connectivity index (χ2n) is 3.82. The minimum absolute atomic E-state index is 0.469. The fraction of sp³-hybridized carbons (Fsp3) is 0. The average molecular weight is 225 g/mol. The van der Waals surface area contributed by atoms with Gasteiger partial charge in [0.2, 0.25) is 0 Å². The molecule has 84 valence electrons. The molecule has 0 unspecified atom stereocenters. The molecule has 0 aliphatic rings. The molecule has 0 spiro atoms. The van der Waals surface area contributed by atoms with E-state index >= 15 is 0 Å². The van der Waals surface area contributed by atoms with E-state index in [4.69, 9.17) is 11.5 Å². The minimum Gasteiger partial charge on any atom is -0.399 e. The first-order chi connectivity index (χ1) is 8.24. The summed E-state index contributed by atoms with van der Waals surface area (Å²) in [4.78, 5) is 4.46. The molecule has 0 saturated carbocycles. The molecule has 5 nitrogen and oxygen atoms in total. The van der Waals surface area contributed by atoms with E-state index in [2.05, 4.69) is 15.2 Å². The van der Waals surface area contributed by atoms with Crippen LogP contribution in [0.1, 0.15) is 0 Å². The van der Waals surface area contributed by atoms with Crippen molar-refractivity contribution in [3.8, 4) is 11.3 Å². The highest BCUT2D eigenvalue weighted by molar-refractivity contribution is 5.87. The van der Waals surface area contributed by atoms with Crippen LogP contribution < -0.4 is 11.5 Å². The van der Waals surface area contributed by atoms with Gasteiger partial charge in [-0.15, -0.1) is 0 Å². The van der Waals surface area contributed by atoms with Gasteiger partial charge in [-0.25, -0.2) is 4.98 Å². The molecule has 17 heavy (non-hydrogen) atoms. The molecular formula is C12H11N5. The van der Waals surface area contributed by atoms with Gasteiger partial charge in [-0.1, -0.05) is 12.1 Å². The van der Waals surface area contributed by atoms with Crippen LogP contribution in [0.15, 0.2) is 36.4 Å². The van der Waals surface area contributed by atoms with Crippen molar-refractivity contribution in [1.29, 1.82) is 0 Å². The predicted octanol–water partition coefficient (Wildman–Crippen LogP) is 1.79. The Morgan fingerprint density at radius 3 is 2.47 bits per heavy atom. The summed E-state index contributed by atoms with van der Waals surface area (Å²) < 4.78 is 0. The van der Waals surface area contributed by atoms with Gasteiger partial charge in [-0.3, -0.25) is 5.10 Å². The molecule has 5 N–H and O–H groups in total. The highest BCUT2D eigenvalue weighted by atomic mass is 15.2. The van der Waals surface area contributed by atoms with E-state index < -0.39 is 0 Å². The van der Waals surface area contributed by atoms with Crippen molar-refractivity contribution in [1.82, 2.24) is 15.2 Å². The minimum atomic E-state index is 0.469. The SMILES string of the molecule is Nc1ccc(-c2ccc3c(N)n[nH]c3n2)cc1. The van der Waals surface area contributed by atoms with Gasteiger partial charge in [-0.2, -0.15) is 5.10 Å². The van der Waals surface area contributed by atoms with E-state index in [0.29, 0.717) is 11.5 Å². The molecule has 2 heterocycles. The Labute approximate surface area is 97.5 Å². The molecule has 0 saturated heterocycles. The number of pyridine rings is 1. The third-order valence-electron chi connectivity index (χ3n) is 2.66. The fourth-order valence-electron chi connectivity index (χ4n) is 1.74. The molecule has 0 aliphatic carbocycles. The molecular weight excluding hydrogens is 214 g/mol. The monoisotopic (exact) mass is 225 g/mol. The van der Waals surface area contributed by atoms with Crippen LogP contribution in [0.5, 0.6) is 0 Å². The summed E-state index contributed by atoms with van der Waals surface area (Å²) in [7, 11) is 0. The van der Waals surface area contributed by atoms with Crippen LogP contribution in [0.3, 0.4) is 0 Å². The zero-order valence-electron chi connectivity index (χ0n) is 9.01. The van der Waals surface area contributed by atoms with E-state index in [0.717, 1.165) is 22.3 Å². The van der Waals surface area contributed by atoms with E-state index in [1.165, 1.54) is 0 Å². The number of H-pyrrole nitrogens is 1. The molecule has 0 fully saturated rings. The normalized spacial score (nSPS) is 10.8. The summed E-state index contributed by atoms with van der Waals surface area (Å²) >= 11 is 0. The van der Waals surface area contributed by atoms with Gasteiger partial charge in [0.25, 0.3) is 0 Å². The third kappa shape index (κ3) is 1.57. The third-order valence-corrected chi connectivity index (χ3v) is 2.66. The Bertz CT molecular complexity index is 669. The van der Waals surface area contributed by atoms with Crippen LogP contribution in [-0.2, 0) is 0 Å². The van der Waals surface area contributed by atoms with Crippen molar-refractivity contribution in [2.24, 2.45) is 0 Å². The van der Waals surface area contributed by atoms with Crippen LogP contribution in [0.4, 0.5) is 11.5 Å². The molecule has 0 aliphatic heterocycles. The second-order valence-corrected chi connectivity index (χ2v) is 3.82. The number of hydrogen-bond donors (Lipinski definition) is 3. The van der Waals surface area contributed by atoms with Crippen LogP contribution in [0, 0.1) is 0 Å². The standard InChI is InChI=1S/C12H11N5/c13-8-3-1-7(2-4-8)10-6-5-9-11(14)16-17-12(9)15-10/h1-6H,13H2,(H3,14,15,16,17). The Balaban J connectivity index is 2.14. The first kappa shape index (κ1) is 9.65. The van der Waals surface area contributed by atoms with Gasteiger partial charge in [0.05, 0.1) is 11.1 Å². The molecule has 0 atom stereocenters. The number of nitrogens with zero attached hydrogens (tertiary/aromatic N) is 2. The number of nitrogen functional groups attached to an aromatic ring is 2. The van der Waals surface area contributed by atoms with E-state index in [1.807, 2.05) is 36.4 Å². The van der Waals surface area contributed by atoms with Crippen molar-refractivity contribution in [3.63, 3.8) is 0 Å². The molecule has 3 aromatic rings. The van der Waals surface area contributed by atoms with E-state index in [9.17, 15) is 0 Å². The highest BCUT2D eigenvalue weighted by Gasteiger charge is 2.05. The summed E-state index contributed by atoms with van der Waals surface area (Å²) in [6, 6.07) is 11.4. The molecule has 0 radical (unpaired) electrons. The Hall–Kier alpha value is -2.56. The van der Waals surface area contributed by atoms with Crippen LogP contribution in [0.2, 0.25) is 0 Å². The van der Waals surface area contributed by atoms with Gasteiger partial charge in [0.1, 0.15) is 0 Å². The number of rotatable bonds is 1. The van der Waals surface area contributed by atoms with Gasteiger partial charge in [-0.05, 0) is 24.3 Å². The summed E-state index contributed by atoms with van der Waals surface area (Å²) in [5.41, 5.74) is 14.6. The first-order valence-corrected chi connectivity index (χ1v) is 5.20. The Morgan fingerprint density at radius 2 is 1.71 bits per heavy atom. The van der Waals surface area contributed by atoms with E-state index in [1.54, 1.807) is 0 Å². The lowest BCUT2D eigenvalue weighted by Crippen LogP contribution is -1.87. The number of nitrogens with two attached hydrogens (primary N) is 2. The topological polar surface area (TPSA) is 93.6 Å². The van der Waals surface area contributed by atoms with Crippen LogP contribution >= 0.6 is 0 Å². The van der Waals surface area contributed by atoms with E-state index in [-0.39, 0.29) is 0 Å². The molecule has 0 amide bonds. The van der Waals surface area contributed by atoms with Crippen LogP contribution in [-0.4, -0.2) is 15.2 Å². The first-order valence-electron chi connectivity index (χ1n) is 5.20. The van der Waals surface area contributed by atoms with Crippen molar-refractivity contribution < 1.29 is 0 Å². The number of nitrogens with one attached hydrogen (secondary N) is 1. The van der Waals surface area contributed by atoms with Crippen molar-refractivity contribution in [2.45, 2.75) is 0 Å². The van der Waals surface area contributed by atoms with Crippen molar-refractivity contribution >= 4 is 22.5 Å². The lowest BCUT2D eigenvalue weighted by molar-refractivity contribution is 1.11. The maximum absolute atomic E-state index is 5.69. The van der Waals surface area contributed by atoms with Crippen molar-refractivity contribution in [3.05, 3.63) is 36.4 Å². The number of benzene rings is 1. The molecule has 0 bridgehead atoms. The maximum atomic E-state index is 5.69. The number of fused-ring (bicyclic) bond motifs is 1. The molecule has 2 aromatic heterocycles. The lowest BCUT2D eigenvalue weighted by atomic mass is 10.1. The van der Waals surface area contributed by atoms with Gasteiger partial charge >= 0.3 is 0 Å². The quantitative estimate of drug-likeness (QED) is 0.550. The largest absolute Gasteiger partial charge is 0.399 e. The van der Waals surface area contributed by atoms with Gasteiger partial charge in [0.15, 0.2) is 11.5 Å². The second kappa shape index (κ2) is 3.48. The lowest BCUT2D eigenvalue weighted by Gasteiger charge is -2.01. The molecule has 3 rings (SSSR count). The zero-order valence-corrected chi connectivity index (χ0v) is 9.01. The highest BCUT2D eigenvalue weighted by Crippen LogP contribution is 2.23. The summed E-state index contributed by atoms with van der Waals surface area (Å²) in [6.45, 7) is 0. The van der Waals surface area contributed by atoms with Crippen LogP contribution in [0.25, 0.3) is 22.3 Å². The smallest absolute Gasteiger partial charge is 0.158 e. The summed E-state index contributed by atoms with van der Waals surface area (Å²) in [6.07, 6.45) is 0. The number of anilines is 2. The average Bonchev–Trinajstić information content (AvgIpc) is 2.72. The number of hydrogen-bond acceptors (Lipinski definition) is 4. The van der Waals surface area contributed by atoms with Gasteiger partial charge in [0, 0.05) is 11.3 Å². The number of aromatic nitrogens is 3. The Kier molecular flexibility index (Phi) is 1.98. The predicted molar refractivity (Wildman–Crippen MR) is 68.1 cm³/mol. The van der Waals surface area contributed by atoms with Crippen molar-refractivity contribution in [2.75, 3.05) is 11.5 Å². The summed E-state index contributed by atoms with van der Waals surface area (Å²) in [5, 5.41) is 7.55. The number of aromatic amines is 1. The maximum Gasteiger partial charge on any atom is 0.158 e. The molecule has 5 heteroatoms.